The molecule has 0 aromatic carbocycles. The Morgan fingerprint density at radius 3 is 2.50 bits per heavy atom. The predicted octanol–water partition coefficient (Wildman–Crippen LogP) is 1.91. The van der Waals surface area contributed by atoms with Crippen molar-refractivity contribution in [2.75, 3.05) is 13.1 Å². The van der Waals surface area contributed by atoms with Gasteiger partial charge >= 0.3 is 0 Å². The molecule has 1 heterocycles. The topological polar surface area (TPSA) is 24.1 Å². The summed E-state index contributed by atoms with van der Waals surface area (Å²) in [6, 6.07) is 1.62. The van der Waals surface area contributed by atoms with E-state index in [2.05, 4.69) is 17.6 Å². The van der Waals surface area contributed by atoms with Crippen LogP contribution in [0.25, 0.3) is 0 Å². The second kappa shape index (κ2) is 5.13. The van der Waals surface area contributed by atoms with Gasteiger partial charge in [-0.05, 0) is 44.7 Å². The molecular formula is C12H24N2. The fourth-order valence-electron chi connectivity index (χ4n) is 2.91. The zero-order valence-corrected chi connectivity index (χ0v) is 9.39. The Balaban J connectivity index is 1.72. The van der Waals surface area contributed by atoms with Crippen molar-refractivity contribution in [1.29, 1.82) is 0 Å². The van der Waals surface area contributed by atoms with Gasteiger partial charge in [0.2, 0.25) is 0 Å². The summed E-state index contributed by atoms with van der Waals surface area (Å²) in [4.78, 5) is 0. The Kier molecular flexibility index (Phi) is 3.82. The van der Waals surface area contributed by atoms with E-state index < -0.39 is 0 Å². The van der Waals surface area contributed by atoms with Crippen LogP contribution in [0.4, 0.5) is 0 Å². The first kappa shape index (κ1) is 10.4. The molecule has 0 bridgehead atoms. The largest absolute Gasteiger partial charge is 0.317 e. The molecule has 0 aromatic heterocycles. The van der Waals surface area contributed by atoms with Crippen LogP contribution in [0, 0.1) is 5.92 Å². The zero-order chi connectivity index (χ0) is 9.80. The number of nitrogens with one attached hydrogen (secondary N) is 2. The first-order chi connectivity index (χ1) is 6.84. The van der Waals surface area contributed by atoms with Crippen LogP contribution in [0.5, 0.6) is 0 Å². The van der Waals surface area contributed by atoms with Crippen molar-refractivity contribution in [2.24, 2.45) is 5.92 Å². The number of hydrogen-bond acceptors (Lipinski definition) is 2. The van der Waals surface area contributed by atoms with E-state index in [1.54, 1.807) is 0 Å². The highest BCUT2D eigenvalue weighted by Crippen LogP contribution is 2.24. The smallest absolute Gasteiger partial charge is 0.00938 e. The van der Waals surface area contributed by atoms with Gasteiger partial charge in [-0.3, -0.25) is 0 Å². The summed E-state index contributed by atoms with van der Waals surface area (Å²) in [6.07, 6.45) is 8.35. The monoisotopic (exact) mass is 196 g/mol. The summed E-state index contributed by atoms with van der Waals surface area (Å²) in [6.45, 7) is 4.82. The molecule has 2 unspecified atom stereocenters. The van der Waals surface area contributed by atoms with E-state index in [1.807, 2.05) is 0 Å². The fourth-order valence-corrected chi connectivity index (χ4v) is 2.91. The van der Waals surface area contributed by atoms with Crippen LogP contribution >= 0.6 is 0 Å². The van der Waals surface area contributed by atoms with Crippen LogP contribution in [-0.2, 0) is 0 Å². The minimum absolute atomic E-state index is 0.798. The van der Waals surface area contributed by atoms with Crippen LogP contribution in [0.3, 0.4) is 0 Å². The lowest BCUT2D eigenvalue weighted by Gasteiger charge is -2.33. The second-order valence-corrected chi connectivity index (χ2v) is 5.16. The summed E-state index contributed by atoms with van der Waals surface area (Å²) < 4.78 is 0. The van der Waals surface area contributed by atoms with Crippen molar-refractivity contribution in [3.8, 4) is 0 Å². The normalized spacial score (nSPS) is 35.8. The van der Waals surface area contributed by atoms with Crippen molar-refractivity contribution in [3.63, 3.8) is 0 Å². The molecule has 2 atom stereocenters. The standard InChI is InChI=1S/C12H24N2/c1-10-3-2-4-12(9-10)14-11-5-7-13-8-6-11/h10-14H,2-9H2,1H3. The number of piperidine rings is 1. The Morgan fingerprint density at radius 1 is 1.00 bits per heavy atom. The lowest BCUT2D eigenvalue weighted by molar-refractivity contribution is 0.259. The highest BCUT2D eigenvalue weighted by atomic mass is 15.0. The molecular weight excluding hydrogens is 172 g/mol. The highest BCUT2D eigenvalue weighted by molar-refractivity contribution is 4.82. The van der Waals surface area contributed by atoms with Crippen molar-refractivity contribution in [1.82, 2.24) is 10.6 Å². The molecule has 82 valence electrons. The molecule has 1 saturated carbocycles. The van der Waals surface area contributed by atoms with E-state index >= 15 is 0 Å². The van der Waals surface area contributed by atoms with Crippen LogP contribution < -0.4 is 10.6 Å². The van der Waals surface area contributed by atoms with E-state index in [0.29, 0.717) is 0 Å². The molecule has 2 aliphatic rings. The lowest BCUT2D eigenvalue weighted by Crippen LogP contribution is -2.46. The molecule has 0 spiro atoms. The zero-order valence-electron chi connectivity index (χ0n) is 9.39. The maximum absolute atomic E-state index is 3.85. The first-order valence-corrected chi connectivity index (χ1v) is 6.31. The van der Waals surface area contributed by atoms with Gasteiger partial charge in [0, 0.05) is 12.1 Å². The van der Waals surface area contributed by atoms with Crippen molar-refractivity contribution < 1.29 is 0 Å². The molecule has 0 aromatic rings. The molecule has 2 fully saturated rings. The van der Waals surface area contributed by atoms with Gasteiger partial charge < -0.3 is 10.6 Å². The maximum Gasteiger partial charge on any atom is 0.00938 e. The van der Waals surface area contributed by atoms with E-state index in [4.69, 9.17) is 0 Å². The molecule has 2 rings (SSSR count). The third-order valence-corrected chi connectivity index (χ3v) is 3.75. The van der Waals surface area contributed by atoms with Crippen molar-refractivity contribution in [2.45, 2.75) is 57.5 Å². The van der Waals surface area contributed by atoms with Gasteiger partial charge in [0.1, 0.15) is 0 Å². The van der Waals surface area contributed by atoms with Gasteiger partial charge in [-0.2, -0.15) is 0 Å². The van der Waals surface area contributed by atoms with Gasteiger partial charge in [-0.1, -0.05) is 19.8 Å². The third-order valence-electron chi connectivity index (χ3n) is 3.75. The summed E-state index contributed by atoms with van der Waals surface area (Å²) in [5.41, 5.74) is 0. The predicted molar refractivity (Wildman–Crippen MR) is 60.4 cm³/mol. The SMILES string of the molecule is CC1CCCC(NC2CCNCC2)C1. The minimum atomic E-state index is 0.798. The van der Waals surface area contributed by atoms with E-state index in [-0.39, 0.29) is 0 Å². The van der Waals surface area contributed by atoms with Gasteiger partial charge in [-0.25, -0.2) is 0 Å². The molecule has 1 saturated heterocycles. The van der Waals surface area contributed by atoms with Gasteiger partial charge in [0.25, 0.3) is 0 Å². The van der Waals surface area contributed by atoms with Crippen LogP contribution in [0.1, 0.15) is 45.4 Å². The molecule has 0 radical (unpaired) electrons. The Labute approximate surface area is 87.8 Å². The first-order valence-electron chi connectivity index (χ1n) is 6.31. The van der Waals surface area contributed by atoms with Crippen LogP contribution in [0.15, 0.2) is 0 Å². The van der Waals surface area contributed by atoms with E-state index in [0.717, 1.165) is 18.0 Å². The second-order valence-electron chi connectivity index (χ2n) is 5.16. The lowest BCUT2D eigenvalue weighted by atomic mass is 9.86. The summed E-state index contributed by atoms with van der Waals surface area (Å²) >= 11 is 0. The van der Waals surface area contributed by atoms with Crippen LogP contribution in [0.2, 0.25) is 0 Å². The van der Waals surface area contributed by atoms with E-state index in [1.165, 1.54) is 51.6 Å². The number of hydrogen-bond donors (Lipinski definition) is 2. The average molecular weight is 196 g/mol. The van der Waals surface area contributed by atoms with Crippen LogP contribution in [-0.4, -0.2) is 25.2 Å². The molecule has 0 amide bonds. The summed E-state index contributed by atoms with van der Waals surface area (Å²) in [7, 11) is 0. The van der Waals surface area contributed by atoms with Gasteiger partial charge in [-0.15, -0.1) is 0 Å². The van der Waals surface area contributed by atoms with Crippen molar-refractivity contribution in [3.05, 3.63) is 0 Å². The Bertz CT molecular complexity index is 164. The summed E-state index contributed by atoms with van der Waals surface area (Å²) in [5.74, 6) is 0.947. The van der Waals surface area contributed by atoms with Gasteiger partial charge in [0.05, 0.1) is 0 Å². The molecule has 1 aliphatic heterocycles. The minimum Gasteiger partial charge on any atom is -0.317 e. The Hall–Kier alpha value is -0.0800. The molecule has 1 aliphatic carbocycles. The summed E-state index contributed by atoms with van der Waals surface area (Å²) in [5, 5.41) is 7.27. The highest BCUT2D eigenvalue weighted by Gasteiger charge is 2.22. The molecule has 2 N–H and O–H groups in total. The quantitative estimate of drug-likeness (QED) is 0.705. The molecule has 2 heteroatoms. The average Bonchev–Trinajstić information content (AvgIpc) is 2.19. The van der Waals surface area contributed by atoms with E-state index in [9.17, 15) is 0 Å². The molecule has 14 heavy (non-hydrogen) atoms. The third kappa shape index (κ3) is 2.96. The van der Waals surface area contributed by atoms with Crippen molar-refractivity contribution >= 4 is 0 Å². The molecule has 2 nitrogen and oxygen atoms in total. The van der Waals surface area contributed by atoms with Gasteiger partial charge in [0.15, 0.2) is 0 Å². The fraction of sp³-hybridized carbons (Fsp3) is 1.00. The number of rotatable bonds is 2. The Morgan fingerprint density at radius 2 is 1.79 bits per heavy atom. The maximum atomic E-state index is 3.85.